The predicted molar refractivity (Wildman–Crippen MR) is 561 cm³/mol. The molecule has 15 heteroatoms. The van der Waals surface area contributed by atoms with Gasteiger partial charge < -0.3 is 58.6 Å². The zero-order valence-electron chi connectivity index (χ0n) is 89.8. The minimum absolute atomic E-state index is 0.292. The van der Waals surface area contributed by atoms with E-state index in [0.717, 1.165) is 173 Å². The SMILES string of the molecule is CC(C)CCC[C@@H](C)CCOc1cc(C(=O)Nc2cc(NC(=O)c3cc(OCC[C@H](C)CCCC(C)C)c(OCC[C@H](C)CCCC(C)C)c(OCC[C@H](C)CCCC(C)C)c3)cc(NC(=O)c3cc(OCC[C@H](C)CCCC(C)C)c(OCC[C@H](C)CCCC(C)C)c(OCC[C@H](C)CCCC(C)C)c3)c2)cc(OCC[C@H](C)CCCC(C)C)c1OCC[C@H](C)CCCC(C)C. The lowest BCUT2D eigenvalue weighted by Crippen LogP contribution is -2.18. The summed E-state index contributed by atoms with van der Waals surface area (Å²) in [5.74, 6) is 12.4. The Kier molecular flexibility index (Phi) is 60.4. The maximum absolute atomic E-state index is 15.8. The van der Waals surface area contributed by atoms with Crippen LogP contribution in [0.3, 0.4) is 0 Å². The van der Waals surface area contributed by atoms with Crippen molar-refractivity contribution in [3.8, 4) is 51.7 Å². The molecule has 4 aromatic carbocycles. The molecule has 0 fully saturated rings. The van der Waals surface area contributed by atoms with E-state index in [1.165, 1.54) is 57.8 Å². The van der Waals surface area contributed by atoms with Crippen LogP contribution in [0.5, 0.6) is 51.7 Å². The van der Waals surface area contributed by atoms with E-state index in [1.54, 1.807) is 54.6 Å². The number of carbonyl (C=O) groups is 3. The standard InChI is InChI=1S/C117H201N3O12/c1-82(2)37-28-46-91(19)55-64-124-106-73-100(74-107(125-65-56-92(20)47-29-38-83(3)4)112(106)130-70-61-97(25)52-34-43-88(13)14)115(121)118-103-79-104(119-116(122)101-75-108(126-66-57-93(21)48-30-39-84(5)6)113(131-71-62-98(26)53-35-44-89(15)16)109(76-101)127-67-58-94(22)49-31-40-85(7)8)81-105(80-103)120-117(123)102-77-110(128-68-59-95(23)50-32-41-86(9)10)114(132-72-63-99(27)54-36-45-90(17)18)111(78-102)129-69-60-96(24)51-33-42-87(11)12/h73-99H,28-72H2,1-27H3,(H,118,121)(H,119,122)(H,120,123)/t91-,92-,93-,94-,95-,96-,97-,98-,99-/m1/s1. The molecule has 0 heterocycles. The van der Waals surface area contributed by atoms with E-state index in [-0.39, 0.29) is 0 Å². The number of rotatable bonds is 78. The highest BCUT2D eigenvalue weighted by Gasteiger charge is 2.27. The Hall–Kier alpha value is -6.51. The van der Waals surface area contributed by atoms with Crippen molar-refractivity contribution < 1.29 is 57.0 Å². The van der Waals surface area contributed by atoms with Crippen molar-refractivity contribution in [2.75, 3.05) is 75.4 Å². The van der Waals surface area contributed by atoms with Crippen LogP contribution in [-0.2, 0) is 0 Å². The summed E-state index contributed by atoms with van der Waals surface area (Å²) in [5.41, 5.74) is 1.78. The largest absolute Gasteiger partial charge is 0.490 e. The number of ether oxygens (including phenoxy) is 9. The van der Waals surface area contributed by atoms with Crippen LogP contribution >= 0.6 is 0 Å². The maximum atomic E-state index is 15.8. The average Bonchev–Trinajstić information content (AvgIpc) is 0.806. The minimum Gasteiger partial charge on any atom is -0.490 e. The van der Waals surface area contributed by atoms with Crippen molar-refractivity contribution in [3.05, 3.63) is 71.3 Å². The second kappa shape index (κ2) is 67.7. The van der Waals surface area contributed by atoms with Gasteiger partial charge in [0.1, 0.15) is 0 Å². The van der Waals surface area contributed by atoms with Crippen molar-refractivity contribution in [2.24, 2.45) is 107 Å². The van der Waals surface area contributed by atoms with Crippen LogP contribution in [0.15, 0.2) is 54.6 Å². The summed E-state index contributed by atoms with van der Waals surface area (Å²) < 4.78 is 62.1. The van der Waals surface area contributed by atoms with Crippen LogP contribution in [0.25, 0.3) is 0 Å². The van der Waals surface area contributed by atoms with Gasteiger partial charge in [-0.1, -0.05) is 360 Å². The smallest absolute Gasteiger partial charge is 0.255 e. The van der Waals surface area contributed by atoms with Crippen LogP contribution in [0.1, 0.15) is 449 Å². The number of nitrogens with one attached hydrogen (secondary N) is 3. The van der Waals surface area contributed by atoms with Crippen LogP contribution in [0.4, 0.5) is 17.1 Å². The van der Waals surface area contributed by atoms with Gasteiger partial charge in [-0.25, -0.2) is 0 Å². The summed E-state index contributed by atoms with van der Waals surface area (Å²) in [4.78, 5) is 47.4. The summed E-state index contributed by atoms with van der Waals surface area (Å²) in [7, 11) is 0. The number of amides is 3. The predicted octanol–water partition coefficient (Wildman–Crippen LogP) is 34.5. The first kappa shape index (κ1) is 118. The third kappa shape index (κ3) is 53.9. The van der Waals surface area contributed by atoms with Gasteiger partial charge in [-0.2, -0.15) is 0 Å². The topological polar surface area (TPSA) is 170 Å². The summed E-state index contributed by atoms with van der Waals surface area (Å²) >= 11 is 0. The molecular weight excluding hydrogens is 1640 g/mol. The Labute approximate surface area is 810 Å². The van der Waals surface area contributed by atoms with E-state index in [0.29, 0.717) is 251 Å². The minimum atomic E-state index is -0.458. The molecule has 9 atom stereocenters. The highest BCUT2D eigenvalue weighted by atomic mass is 16.6. The lowest BCUT2D eigenvalue weighted by atomic mass is 9.97. The molecule has 132 heavy (non-hydrogen) atoms. The molecule has 0 saturated carbocycles. The quantitative estimate of drug-likeness (QED) is 0.0383. The Morgan fingerprint density at radius 1 is 0.182 bits per heavy atom. The Morgan fingerprint density at radius 2 is 0.311 bits per heavy atom. The molecule has 0 radical (unpaired) electrons. The first-order valence-electron chi connectivity index (χ1n) is 54.1. The van der Waals surface area contributed by atoms with Crippen molar-refractivity contribution in [3.63, 3.8) is 0 Å². The van der Waals surface area contributed by atoms with Crippen molar-refractivity contribution in [1.82, 2.24) is 0 Å². The van der Waals surface area contributed by atoms with Crippen LogP contribution in [0, 0.1) is 107 Å². The average molecular weight is 1840 g/mol. The van der Waals surface area contributed by atoms with Gasteiger partial charge in [-0.05, 0) is 219 Å². The molecule has 4 aromatic rings. The van der Waals surface area contributed by atoms with E-state index < -0.39 is 17.7 Å². The molecule has 3 N–H and O–H groups in total. The zero-order valence-corrected chi connectivity index (χ0v) is 89.8. The Balaban J connectivity index is 2.09. The van der Waals surface area contributed by atoms with Gasteiger partial charge >= 0.3 is 0 Å². The lowest BCUT2D eigenvalue weighted by molar-refractivity contribution is 0.101. The molecule has 15 nitrogen and oxygen atoms in total. The fraction of sp³-hybridized carbons (Fsp3) is 0.769. The first-order chi connectivity index (χ1) is 62.8. The molecule has 0 saturated heterocycles. The van der Waals surface area contributed by atoms with E-state index in [2.05, 4.69) is 203 Å². The van der Waals surface area contributed by atoms with Gasteiger partial charge in [0.15, 0.2) is 34.5 Å². The fourth-order valence-corrected chi connectivity index (χ4v) is 17.1. The molecule has 0 aromatic heterocycles. The number of hydrogen-bond acceptors (Lipinski definition) is 12. The fourth-order valence-electron chi connectivity index (χ4n) is 17.1. The van der Waals surface area contributed by atoms with Gasteiger partial charge in [-0.15, -0.1) is 0 Å². The lowest BCUT2D eigenvalue weighted by Gasteiger charge is -2.21. The first-order valence-corrected chi connectivity index (χ1v) is 54.1. The zero-order chi connectivity index (χ0) is 97.5. The van der Waals surface area contributed by atoms with Crippen LogP contribution < -0.4 is 58.6 Å². The summed E-state index contributed by atoms with van der Waals surface area (Å²) in [6, 6.07) is 16.0. The monoisotopic (exact) mass is 1840 g/mol. The molecular formula is C117H201N3O12. The summed E-state index contributed by atoms with van der Waals surface area (Å²) in [6.45, 7) is 65.7. The van der Waals surface area contributed by atoms with Crippen molar-refractivity contribution >= 4 is 34.8 Å². The van der Waals surface area contributed by atoms with E-state index in [9.17, 15) is 0 Å². The normalized spacial score (nSPS) is 14.0. The van der Waals surface area contributed by atoms with E-state index in [4.69, 9.17) is 42.6 Å². The molecule has 0 aliphatic carbocycles. The highest BCUT2D eigenvalue weighted by molar-refractivity contribution is 6.10. The van der Waals surface area contributed by atoms with Crippen LogP contribution in [-0.4, -0.2) is 77.2 Å². The molecule has 756 valence electrons. The molecule has 0 spiro atoms. The van der Waals surface area contributed by atoms with Crippen molar-refractivity contribution in [2.45, 2.75) is 418 Å². The maximum Gasteiger partial charge on any atom is 0.255 e. The van der Waals surface area contributed by atoms with Gasteiger partial charge in [0.05, 0.1) is 59.5 Å². The number of hydrogen-bond donors (Lipinski definition) is 3. The van der Waals surface area contributed by atoms with Gasteiger partial charge in [0, 0.05) is 33.8 Å². The second-order valence-electron chi connectivity index (χ2n) is 45.2. The third-order valence-electron chi connectivity index (χ3n) is 26.6. The highest BCUT2D eigenvalue weighted by Crippen LogP contribution is 2.45. The number of carbonyl (C=O) groups excluding carboxylic acids is 3. The van der Waals surface area contributed by atoms with E-state index in [1.807, 2.05) is 0 Å². The molecule has 0 aliphatic rings. The molecule has 0 aliphatic heterocycles. The molecule has 3 amide bonds. The van der Waals surface area contributed by atoms with Crippen LogP contribution in [0.2, 0.25) is 0 Å². The summed E-state index contributed by atoms with van der Waals surface area (Å²) in [6.07, 6.45) is 38.3. The second-order valence-corrected chi connectivity index (χ2v) is 45.2. The van der Waals surface area contributed by atoms with Gasteiger partial charge in [0.2, 0.25) is 17.2 Å². The molecule has 0 bridgehead atoms. The van der Waals surface area contributed by atoms with Gasteiger partial charge in [0.25, 0.3) is 17.7 Å². The molecule has 4 rings (SSSR count). The Morgan fingerprint density at radius 3 is 0.439 bits per heavy atom. The van der Waals surface area contributed by atoms with Crippen molar-refractivity contribution in [1.29, 1.82) is 0 Å². The number of benzene rings is 4. The third-order valence-corrected chi connectivity index (χ3v) is 26.6. The Bertz CT molecular complexity index is 3180. The van der Waals surface area contributed by atoms with Gasteiger partial charge in [-0.3, -0.25) is 14.4 Å². The molecule has 0 unspecified atom stereocenters. The summed E-state index contributed by atoms with van der Waals surface area (Å²) in [5, 5.41) is 9.81. The van der Waals surface area contributed by atoms with E-state index >= 15 is 14.4 Å². The number of anilines is 3.